The summed E-state index contributed by atoms with van der Waals surface area (Å²) >= 11 is 12.5. The van der Waals surface area contributed by atoms with E-state index in [0.717, 1.165) is 21.8 Å². The first-order valence-electron chi connectivity index (χ1n) is 11.8. The molecule has 13 heteroatoms. The smallest absolute Gasteiger partial charge is 0.271 e. The highest BCUT2D eigenvalue weighted by Gasteiger charge is 2.28. The normalized spacial score (nSPS) is 11.5. The van der Waals surface area contributed by atoms with Gasteiger partial charge in [0.1, 0.15) is 6.54 Å². The Labute approximate surface area is 240 Å². The number of hydrazone groups is 1. The zero-order valence-electron chi connectivity index (χ0n) is 21.3. The number of rotatable bonds is 9. The number of nitro benzene ring substituents is 1. The SMILES string of the molecule is Cc1cc(/C=N\NC(=O)CN(c2cccc([N+](=O)[O-])c2)S(=O)(=O)c2ccccc2)c(C)n1-c1cc(Cl)ccc1Cl. The number of amides is 1. The number of anilines is 1. The van der Waals surface area contributed by atoms with Crippen LogP contribution in [0.15, 0.2) is 88.9 Å². The number of aromatic nitrogens is 1. The molecule has 3 aromatic carbocycles. The van der Waals surface area contributed by atoms with E-state index in [2.05, 4.69) is 10.5 Å². The topological polar surface area (TPSA) is 127 Å². The highest BCUT2D eigenvalue weighted by molar-refractivity contribution is 7.92. The van der Waals surface area contributed by atoms with Crippen LogP contribution in [-0.4, -0.2) is 36.6 Å². The van der Waals surface area contributed by atoms with Crippen molar-refractivity contribution >= 4 is 56.7 Å². The molecule has 1 amide bonds. The maximum Gasteiger partial charge on any atom is 0.271 e. The van der Waals surface area contributed by atoms with Crippen molar-refractivity contribution < 1.29 is 18.1 Å². The summed E-state index contributed by atoms with van der Waals surface area (Å²) in [6.07, 6.45) is 1.43. The van der Waals surface area contributed by atoms with Crippen LogP contribution in [0.2, 0.25) is 10.0 Å². The molecule has 0 aliphatic carbocycles. The fourth-order valence-electron chi connectivity index (χ4n) is 4.08. The molecule has 10 nitrogen and oxygen atoms in total. The highest BCUT2D eigenvalue weighted by Crippen LogP contribution is 2.29. The molecule has 206 valence electrons. The van der Waals surface area contributed by atoms with Crippen molar-refractivity contribution in [2.45, 2.75) is 18.7 Å². The van der Waals surface area contributed by atoms with Crippen molar-refractivity contribution in [2.75, 3.05) is 10.8 Å². The number of hydrogen-bond acceptors (Lipinski definition) is 6. The number of halogens is 2. The van der Waals surface area contributed by atoms with E-state index in [9.17, 15) is 23.3 Å². The van der Waals surface area contributed by atoms with Crippen LogP contribution < -0.4 is 9.73 Å². The van der Waals surface area contributed by atoms with Crippen LogP contribution in [0.25, 0.3) is 5.69 Å². The fraction of sp³-hybridized carbons (Fsp3) is 0.111. The monoisotopic (exact) mass is 599 g/mol. The first kappa shape index (κ1) is 28.8. The number of aryl methyl sites for hydroxylation is 1. The van der Waals surface area contributed by atoms with E-state index in [1.165, 1.54) is 48.7 Å². The second-order valence-corrected chi connectivity index (χ2v) is 11.4. The van der Waals surface area contributed by atoms with Crippen molar-refractivity contribution in [1.82, 2.24) is 9.99 Å². The Hall–Kier alpha value is -4.19. The number of non-ortho nitro benzene ring substituents is 1. The van der Waals surface area contributed by atoms with Gasteiger partial charge in [-0.2, -0.15) is 5.10 Å². The zero-order chi connectivity index (χ0) is 29.0. The summed E-state index contributed by atoms with van der Waals surface area (Å²) in [7, 11) is -4.24. The van der Waals surface area contributed by atoms with Crippen molar-refractivity contribution in [2.24, 2.45) is 5.10 Å². The average Bonchev–Trinajstić information content (AvgIpc) is 3.21. The maximum atomic E-state index is 13.4. The van der Waals surface area contributed by atoms with Gasteiger partial charge >= 0.3 is 0 Å². The number of sulfonamides is 1. The molecule has 0 radical (unpaired) electrons. The average molecular weight is 600 g/mol. The number of nitrogens with one attached hydrogen (secondary N) is 1. The molecule has 0 atom stereocenters. The van der Waals surface area contributed by atoms with E-state index in [-0.39, 0.29) is 16.3 Å². The van der Waals surface area contributed by atoms with Crippen LogP contribution in [0.3, 0.4) is 0 Å². The Morgan fingerprint density at radius 1 is 1.05 bits per heavy atom. The number of carbonyl (C=O) groups excluding carboxylic acids is 1. The predicted molar refractivity (Wildman–Crippen MR) is 155 cm³/mol. The van der Waals surface area contributed by atoms with E-state index < -0.39 is 27.4 Å². The van der Waals surface area contributed by atoms with Gasteiger partial charge < -0.3 is 4.57 Å². The van der Waals surface area contributed by atoms with E-state index in [0.29, 0.717) is 21.3 Å². The lowest BCUT2D eigenvalue weighted by Crippen LogP contribution is -2.39. The van der Waals surface area contributed by atoms with Gasteiger partial charge in [0.25, 0.3) is 21.6 Å². The summed E-state index contributed by atoms with van der Waals surface area (Å²) in [6.45, 7) is 3.06. The molecular formula is C27H23Cl2N5O5S. The van der Waals surface area contributed by atoms with E-state index in [4.69, 9.17) is 23.2 Å². The van der Waals surface area contributed by atoms with Crippen LogP contribution >= 0.6 is 23.2 Å². The number of nitro groups is 1. The van der Waals surface area contributed by atoms with E-state index >= 15 is 0 Å². The molecule has 0 bridgehead atoms. The lowest BCUT2D eigenvalue weighted by atomic mass is 10.2. The Kier molecular flexibility index (Phi) is 8.58. The van der Waals surface area contributed by atoms with Gasteiger partial charge in [0.05, 0.1) is 32.4 Å². The molecule has 0 unspecified atom stereocenters. The van der Waals surface area contributed by atoms with E-state index in [1.54, 1.807) is 24.3 Å². The van der Waals surface area contributed by atoms with Crippen LogP contribution in [0.1, 0.15) is 17.0 Å². The van der Waals surface area contributed by atoms with Gasteiger partial charge in [-0.3, -0.25) is 19.2 Å². The molecule has 0 spiro atoms. The summed E-state index contributed by atoms with van der Waals surface area (Å²) < 4.78 is 29.6. The van der Waals surface area contributed by atoms with Gasteiger partial charge in [-0.05, 0) is 56.3 Å². The predicted octanol–water partition coefficient (Wildman–Crippen LogP) is 5.65. The quantitative estimate of drug-likeness (QED) is 0.151. The third-order valence-corrected chi connectivity index (χ3v) is 8.30. The molecule has 0 aliphatic heterocycles. The summed E-state index contributed by atoms with van der Waals surface area (Å²) in [5, 5.41) is 16.3. The van der Waals surface area contributed by atoms with Gasteiger partial charge in [0.15, 0.2) is 0 Å². The van der Waals surface area contributed by atoms with Gasteiger partial charge in [0.2, 0.25) is 0 Å². The lowest BCUT2D eigenvalue weighted by Gasteiger charge is -2.23. The van der Waals surface area contributed by atoms with Crippen molar-refractivity contribution in [3.8, 4) is 5.69 Å². The van der Waals surface area contributed by atoms with Crippen molar-refractivity contribution in [1.29, 1.82) is 0 Å². The second-order valence-electron chi connectivity index (χ2n) is 8.65. The number of carbonyl (C=O) groups is 1. The summed E-state index contributed by atoms with van der Waals surface area (Å²) in [5.74, 6) is -0.756. The fourth-order valence-corrected chi connectivity index (χ4v) is 5.88. The van der Waals surface area contributed by atoms with Crippen molar-refractivity contribution in [3.05, 3.63) is 116 Å². The van der Waals surface area contributed by atoms with Gasteiger partial charge in [-0.25, -0.2) is 13.8 Å². The molecule has 1 aromatic heterocycles. The van der Waals surface area contributed by atoms with Crippen LogP contribution in [0.5, 0.6) is 0 Å². The molecule has 1 heterocycles. The van der Waals surface area contributed by atoms with Gasteiger partial charge in [0, 0.05) is 34.1 Å². The van der Waals surface area contributed by atoms with E-state index in [1.807, 2.05) is 24.5 Å². The molecule has 0 saturated heterocycles. The third-order valence-electron chi connectivity index (χ3n) is 5.96. The summed E-state index contributed by atoms with van der Waals surface area (Å²) in [5.41, 5.74) is 4.98. The minimum Gasteiger partial charge on any atom is -0.316 e. The Bertz CT molecular complexity index is 1720. The Morgan fingerprint density at radius 2 is 1.77 bits per heavy atom. The molecule has 40 heavy (non-hydrogen) atoms. The molecule has 4 aromatic rings. The second kappa shape index (κ2) is 11.9. The van der Waals surface area contributed by atoms with Crippen LogP contribution in [0.4, 0.5) is 11.4 Å². The molecule has 0 fully saturated rings. The summed E-state index contributed by atoms with van der Waals surface area (Å²) in [4.78, 5) is 23.4. The lowest BCUT2D eigenvalue weighted by molar-refractivity contribution is -0.384. The molecule has 0 saturated carbocycles. The number of hydrogen-bond donors (Lipinski definition) is 1. The van der Waals surface area contributed by atoms with Gasteiger partial charge in [-0.1, -0.05) is 47.5 Å². The Morgan fingerprint density at radius 3 is 2.48 bits per heavy atom. The molecular weight excluding hydrogens is 577 g/mol. The largest absolute Gasteiger partial charge is 0.316 e. The van der Waals surface area contributed by atoms with Crippen LogP contribution in [0, 0.1) is 24.0 Å². The zero-order valence-corrected chi connectivity index (χ0v) is 23.6. The summed E-state index contributed by atoms with van der Waals surface area (Å²) in [6, 6.07) is 19.5. The minimum absolute atomic E-state index is 0.0425. The molecule has 0 aliphatic rings. The third kappa shape index (κ3) is 6.17. The number of nitrogens with zero attached hydrogens (tertiary/aromatic N) is 4. The maximum absolute atomic E-state index is 13.4. The molecule has 4 rings (SSSR count). The molecule has 1 N–H and O–H groups in total. The Balaban J connectivity index is 1.59. The van der Waals surface area contributed by atoms with Crippen LogP contribution in [-0.2, 0) is 14.8 Å². The standard InChI is InChI=1S/C27H23Cl2N5O5S/c1-18-13-20(19(2)33(18)26-14-21(28)11-12-25(26)29)16-30-31-27(35)17-32(22-7-6-8-23(15-22)34(36)37)40(38,39)24-9-4-3-5-10-24/h3-16H,17H2,1-2H3,(H,31,35)/b30-16-. The van der Waals surface area contributed by atoms with Crippen molar-refractivity contribution in [3.63, 3.8) is 0 Å². The minimum atomic E-state index is -4.24. The highest BCUT2D eigenvalue weighted by atomic mass is 35.5. The van der Waals surface area contributed by atoms with Gasteiger partial charge in [-0.15, -0.1) is 0 Å². The first-order valence-corrected chi connectivity index (χ1v) is 14.0. The first-order chi connectivity index (χ1) is 19.0. The number of benzene rings is 3.